The molecule has 0 saturated carbocycles. The zero-order chi connectivity index (χ0) is 13.7. The van der Waals surface area contributed by atoms with Gasteiger partial charge in [0, 0.05) is 12.0 Å². The highest BCUT2D eigenvalue weighted by Crippen LogP contribution is 2.17. The third-order valence-electron chi connectivity index (χ3n) is 2.65. The van der Waals surface area contributed by atoms with Crippen LogP contribution in [-0.2, 0) is 11.3 Å². The Bertz CT molecular complexity index is 569. The van der Waals surface area contributed by atoms with E-state index in [1.807, 2.05) is 0 Å². The van der Waals surface area contributed by atoms with Crippen LogP contribution in [0.2, 0.25) is 0 Å². The smallest absolute Gasteiger partial charge is 0.220 e. The van der Waals surface area contributed by atoms with Gasteiger partial charge in [0.05, 0.1) is 17.9 Å². The summed E-state index contributed by atoms with van der Waals surface area (Å²) in [5.74, 6) is -0.310. The SMILES string of the molecule is CCC(=O)NCc1cc(-c2ccc(F)cc2)ncn1. The second kappa shape index (κ2) is 6.04. The molecule has 98 valence electrons. The number of aromatic nitrogens is 2. The van der Waals surface area contributed by atoms with E-state index in [9.17, 15) is 9.18 Å². The molecular formula is C14H14FN3O. The van der Waals surface area contributed by atoms with E-state index in [2.05, 4.69) is 15.3 Å². The number of nitrogens with zero attached hydrogens (tertiary/aromatic N) is 2. The van der Waals surface area contributed by atoms with Gasteiger partial charge in [-0.25, -0.2) is 14.4 Å². The topological polar surface area (TPSA) is 54.9 Å². The van der Waals surface area contributed by atoms with Gasteiger partial charge in [-0.15, -0.1) is 0 Å². The van der Waals surface area contributed by atoms with Crippen LogP contribution in [0.25, 0.3) is 11.3 Å². The fourth-order valence-electron chi connectivity index (χ4n) is 1.59. The Morgan fingerprint density at radius 2 is 2.00 bits per heavy atom. The number of benzene rings is 1. The van der Waals surface area contributed by atoms with Crippen LogP contribution in [0.4, 0.5) is 4.39 Å². The van der Waals surface area contributed by atoms with Gasteiger partial charge in [0.2, 0.25) is 5.91 Å². The van der Waals surface area contributed by atoms with Crippen LogP contribution >= 0.6 is 0 Å². The molecule has 2 aromatic rings. The maximum atomic E-state index is 12.9. The second-order valence-electron chi connectivity index (χ2n) is 4.03. The van der Waals surface area contributed by atoms with E-state index >= 15 is 0 Å². The number of carbonyl (C=O) groups excluding carboxylic acids is 1. The first-order valence-electron chi connectivity index (χ1n) is 6.02. The normalized spacial score (nSPS) is 10.2. The Morgan fingerprint density at radius 1 is 1.26 bits per heavy atom. The van der Waals surface area contributed by atoms with Crippen molar-refractivity contribution in [1.29, 1.82) is 0 Å². The lowest BCUT2D eigenvalue weighted by Gasteiger charge is -2.05. The quantitative estimate of drug-likeness (QED) is 0.916. The summed E-state index contributed by atoms with van der Waals surface area (Å²) in [4.78, 5) is 19.4. The van der Waals surface area contributed by atoms with Crippen LogP contribution in [0, 0.1) is 5.82 Å². The van der Waals surface area contributed by atoms with Gasteiger partial charge in [-0.05, 0) is 30.3 Å². The molecule has 1 amide bonds. The Labute approximate surface area is 110 Å². The molecule has 1 aromatic carbocycles. The fraction of sp³-hybridized carbons (Fsp3) is 0.214. The standard InChI is InChI=1S/C14H14FN3O/c1-2-14(19)16-8-12-7-13(18-9-17-12)10-3-5-11(15)6-4-10/h3-7,9H,2,8H2,1H3,(H,16,19). The summed E-state index contributed by atoms with van der Waals surface area (Å²) in [6.45, 7) is 2.16. The van der Waals surface area contributed by atoms with Gasteiger partial charge in [-0.3, -0.25) is 4.79 Å². The molecule has 0 radical (unpaired) electrons. The molecule has 2 rings (SSSR count). The van der Waals surface area contributed by atoms with Crippen LogP contribution < -0.4 is 5.32 Å². The summed E-state index contributed by atoms with van der Waals surface area (Å²) in [7, 11) is 0. The third kappa shape index (κ3) is 3.58. The number of hydrogen-bond donors (Lipinski definition) is 1. The Morgan fingerprint density at radius 3 is 2.68 bits per heavy atom. The highest BCUT2D eigenvalue weighted by Gasteiger charge is 2.03. The van der Waals surface area contributed by atoms with E-state index in [1.165, 1.54) is 18.5 Å². The van der Waals surface area contributed by atoms with Gasteiger partial charge in [-0.1, -0.05) is 6.92 Å². The minimum absolute atomic E-state index is 0.0260. The first kappa shape index (κ1) is 13.1. The van der Waals surface area contributed by atoms with Crippen molar-refractivity contribution in [2.24, 2.45) is 0 Å². The summed E-state index contributed by atoms with van der Waals surface area (Å²) < 4.78 is 12.9. The summed E-state index contributed by atoms with van der Waals surface area (Å²) in [5, 5.41) is 2.75. The largest absolute Gasteiger partial charge is 0.350 e. The molecule has 0 aliphatic rings. The molecule has 0 bridgehead atoms. The van der Waals surface area contributed by atoms with Crippen LogP contribution in [0.1, 0.15) is 19.0 Å². The van der Waals surface area contributed by atoms with Crippen molar-refractivity contribution in [3.05, 3.63) is 48.2 Å². The predicted molar refractivity (Wildman–Crippen MR) is 69.6 cm³/mol. The maximum absolute atomic E-state index is 12.9. The number of halogens is 1. The van der Waals surface area contributed by atoms with E-state index < -0.39 is 0 Å². The number of rotatable bonds is 4. The van der Waals surface area contributed by atoms with E-state index in [-0.39, 0.29) is 11.7 Å². The molecule has 5 heteroatoms. The molecule has 0 aliphatic heterocycles. The second-order valence-corrected chi connectivity index (χ2v) is 4.03. The maximum Gasteiger partial charge on any atom is 0.220 e. The molecule has 0 fully saturated rings. The van der Waals surface area contributed by atoms with Crippen LogP contribution in [0.3, 0.4) is 0 Å². The Kier molecular flexibility index (Phi) is 4.18. The molecule has 0 aliphatic carbocycles. The molecule has 0 spiro atoms. The van der Waals surface area contributed by atoms with Crippen LogP contribution in [0.15, 0.2) is 36.7 Å². The van der Waals surface area contributed by atoms with Crippen molar-refractivity contribution in [1.82, 2.24) is 15.3 Å². The zero-order valence-corrected chi connectivity index (χ0v) is 10.6. The summed E-state index contributed by atoms with van der Waals surface area (Å²) in [5.41, 5.74) is 2.23. The van der Waals surface area contributed by atoms with Crippen molar-refractivity contribution in [2.75, 3.05) is 0 Å². The number of carbonyl (C=O) groups is 1. The fourth-order valence-corrected chi connectivity index (χ4v) is 1.59. The lowest BCUT2D eigenvalue weighted by atomic mass is 10.1. The monoisotopic (exact) mass is 259 g/mol. The highest BCUT2D eigenvalue weighted by molar-refractivity contribution is 5.75. The van der Waals surface area contributed by atoms with Gasteiger partial charge < -0.3 is 5.32 Å². The molecule has 0 saturated heterocycles. The van der Waals surface area contributed by atoms with Gasteiger partial charge >= 0.3 is 0 Å². The molecule has 1 heterocycles. The summed E-state index contributed by atoms with van der Waals surface area (Å²) in [6, 6.07) is 7.87. The van der Waals surface area contributed by atoms with Gasteiger partial charge in [0.25, 0.3) is 0 Å². The van der Waals surface area contributed by atoms with Gasteiger partial charge in [0.1, 0.15) is 12.1 Å². The molecule has 1 aromatic heterocycles. The number of hydrogen-bond acceptors (Lipinski definition) is 3. The summed E-state index contributed by atoms with van der Waals surface area (Å²) >= 11 is 0. The van der Waals surface area contributed by atoms with Crippen LogP contribution in [-0.4, -0.2) is 15.9 Å². The van der Waals surface area contributed by atoms with E-state index in [0.29, 0.717) is 18.7 Å². The molecule has 0 atom stereocenters. The highest BCUT2D eigenvalue weighted by atomic mass is 19.1. The molecule has 19 heavy (non-hydrogen) atoms. The number of nitrogens with one attached hydrogen (secondary N) is 1. The van der Waals surface area contributed by atoms with Crippen molar-refractivity contribution in [3.8, 4) is 11.3 Å². The van der Waals surface area contributed by atoms with Gasteiger partial charge in [-0.2, -0.15) is 0 Å². The average molecular weight is 259 g/mol. The zero-order valence-electron chi connectivity index (χ0n) is 10.6. The minimum atomic E-state index is -0.284. The average Bonchev–Trinajstić information content (AvgIpc) is 2.46. The Hall–Kier alpha value is -2.30. The van der Waals surface area contributed by atoms with E-state index in [4.69, 9.17) is 0 Å². The van der Waals surface area contributed by atoms with E-state index in [0.717, 1.165) is 11.3 Å². The van der Waals surface area contributed by atoms with Crippen molar-refractivity contribution in [3.63, 3.8) is 0 Å². The van der Waals surface area contributed by atoms with Crippen molar-refractivity contribution < 1.29 is 9.18 Å². The van der Waals surface area contributed by atoms with E-state index in [1.54, 1.807) is 25.1 Å². The lowest BCUT2D eigenvalue weighted by Crippen LogP contribution is -2.22. The van der Waals surface area contributed by atoms with Crippen molar-refractivity contribution in [2.45, 2.75) is 19.9 Å². The Balaban J connectivity index is 2.15. The first-order chi connectivity index (χ1) is 9.19. The summed E-state index contributed by atoms with van der Waals surface area (Å²) in [6.07, 6.45) is 1.88. The molecular weight excluding hydrogens is 245 g/mol. The predicted octanol–water partition coefficient (Wildman–Crippen LogP) is 2.31. The number of amides is 1. The molecule has 1 N–H and O–H groups in total. The van der Waals surface area contributed by atoms with Crippen molar-refractivity contribution >= 4 is 5.91 Å². The molecule has 4 nitrogen and oxygen atoms in total. The van der Waals surface area contributed by atoms with Gasteiger partial charge in [0.15, 0.2) is 0 Å². The first-order valence-corrected chi connectivity index (χ1v) is 6.02. The third-order valence-corrected chi connectivity index (χ3v) is 2.65. The molecule has 0 unspecified atom stereocenters. The van der Waals surface area contributed by atoms with Crippen LogP contribution in [0.5, 0.6) is 0 Å². The minimum Gasteiger partial charge on any atom is -0.350 e. The lowest BCUT2D eigenvalue weighted by molar-refractivity contribution is -0.120.